The third-order valence-electron chi connectivity index (χ3n) is 11.5. The maximum atomic E-state index is 2.53. The average Bonchev–Trinajstić information content (AvgIpc) is 3.40. The Kier molecular flexibility index (Phi) is 5.27. The molecular formula is C49H32. The molecule has 10 aromatic rings. The Balaban J connectivity index is 1.26. The number of hydrogen-bond acceptors (Lipinski definition) is 0. The third-order valence-corrected chi connectivity index (χ3v) is 11.5. The first-order chi connectivity index (χ1) is 24.1. The first-order valence-electron chi connectivity index (χ1n) is 17.4. The first-order valence-corrected chi connectivity index (χ1v) is 17.4. The molecule has 0 bridgehead atoms. The van der Waals surface area contributed by atoms with Crippen molar-refractivity contribution in [3.63, 3.8) is 0 Å². The molecule has 0 N–H and O–H groups in total. The summed E-state index contributed by atoms with van der Waals surface area (Å²) < 4.78 is 0. The fourth-order valence-corrected chi connectivity index (χ4v) is 9.59. The summed E-state index contributed by atoms with van der Waals surface area (Å²) in [4.78, 5) is 0. The summed E-state index contributed by atoms with van der Waals surface area (Å²) in [5.74, 6) is 0. The normalized spacial score (nSPS) is 13.7. The Morgan fingerprint density at radius 2 is 0.816 bits per heavy atom. The van der Waals surface area contributed by atoms with Crippen LogP contribution in [0.2, 0.25) is 0 Å². The van der Waals surface area contributed by atoms with Crippen molar-refractivity contribution >= 4 is 64.6 Å². The standard InChI is InChI=1S/C49H32/c1-49(2)47-40-20-9-7-18-36(40)42(28-43(47)46-38-19-8-5-15-33(38)34-16-6-10-21-41(34)48(46)49)35-17-4-3-14-32(35)37-26-24-31-23-22-29-12-11-13-30-25-27-39(37)45(31)44(29)30/h3-28H,1-2H3. The average molecular weight is 621 g/mol. The zero-order valence-corrected chi connectivity index (χ0v) is 27.5. The van der Waals surface area contributed by atoms with Crippen LogP contribution in [0.25, 0.3) is 98.0 Å². The number of rotatable bonds is 2. The van der Waals surface area contributed by atoms with Gasteiger partial charge in [-0.2, -0.15) is 0 Å². The van der Waals surface area contributed by atoms with Gasteiger partial charge >= 0.3 is 0 Å². The fourth-order valence-electron chi connectivity index (χ4n) is 9.59. The van der Waals surface area contributed by atoms with E-state index in [4.69, 9.17) is 0 Å². The van der Waals surface area contributed by atoms with E-state index in [-0.39, 0.29) is 5.41 Å². The zero-order valence-electron chi connectivity index (χ0n) is 27.5. The van der Waals surface area contributed by atoms with Gasteiger partial charge in [0.05, 0.1) is 0 Å². The zero-order chi connectivity index (χ0) is 32.4. The lowest BCUT2D eigenvalue weighted by atomic mass is 9.77. The van der Waals surface area contributed by atoms with Crippen LogP contribution < -0.4 is 0 Å². The van der Waals surface area contributed by atoms with Gasteiger partial charge in [-0.15, -0.1) is 0 Å². The van der Waals surface area contributed by atoms with Gasteiger partial charge in [0, 0.05) is 5.41 Å². The molecule has 0 saturated carbocycles. The van der Waals surface area contributed by atoms with E-state index in [1.54, 1.807) is 0 Å². The smallest absolute Gasteiger partial charge is 0.0171 e. The molecule has 0 heteroatoms. The van der Waals surface area contributed by atoms with Gasteiger partial charge in [-0.1, -0.05) is 166 Å². The van der Waals surface area contributed by atoms with E-state index >= 15 is 0 Å². The SMILES string of the molecule is CC1(C)c2c(cc(-c3ccccc3-c3ccc4ccc5cccc6ccc3c4c56)c3ccccc23)-c2c1c1ccccc1c1ccccc21. The van der Waals surface area contributed by atoms with E-state index in [2.05, 4.69) is 172 Å². The number of fused-ring (bicyclic) bond motifs is 10. The van der Waals surface area contributed by atoms with E-state index in [1.807, 2.05) is 0 Å². The van der Waals surface area contributed by atoms with Gasteiger partial charge in [-0.05, 0) is 115 Å². The monoisotopic (exact) mass is 620 g/mol. The summed E-state index contributed by atoms with van der Waals surface area (Å²) in [5, 5.41) is 15.9. The maximum Gasteiger partial charge on any atom is 0.0171 e. The molecule has 0 unspecified atom stereocenters. The molecule has 11 rings (SSSR count). The Bertz CT molecular complexity index is 2990. The minimum Gasteiger partial charge on any atom is -0.0616 e. The first kappa shape index (κ1) is 27.0. The van der Waals surface area contributed by atoms with Crippen LogP contribution in [0, 0.1) is 0 Å². The van der Waals surface area contributed by atoms with Gasteiger partial charge in [0.2, 0.25) is 0 Å². The summed E-state index contributed by atoms with van der Waals surface area (Å²) >= 11 is 0. The van der Waals surface area contributed by atoms with Gasteiger partial charge < -0.3 is 0 Å². The number of hydrogen-bond donors (Lipinski definition) is 0. The predicted octanol–water partition coefficient (Wildman–Crippen LogP) is 13.7. The molecule has 0 nitrogen and oxygen atoms in total. The van der Waals surface area contributed by atoms with Gasteiger partial charge in [-0.25, -0.2) is 0 Å². The molecule has 10 aromatic carbocycles. The molecule has 0 saturated heterocycles. The van der Waals surface area contributed by atoms with Crippen molar-refractivity contribution in [2.24, 2.45) is 0 Å². The van der Waals surface area contributed by atoms with E-state index in [9.17, 15) is 0 Å². The minimum atomic E-state index is -0.169. The number of benzene rings is 10. The molecule has 0 amide bonds. The van der Waals surface area contributed by atoms with Crippen LogP contribution in [0.1, 0.15) is 25.0 Å². The molecule has 1 aliphatic rings. The maximum absolute atomic E-state index is 2.53. The molecule has 1 aliphatic carbocycles. The van der Waals surface area contributed by atoms with Crippen LogP contribution in [-0.2, 0) is 5.41 Å². The van der Waals surface area contributed by atoms with Crippen LogP contribution in [0.3, 0.4) is 0 Å². The Labute approximate surface area is 285 Å². The van der Waals surface area contributed by atoms with Crippen molar-refractivity contribution in [3.8, 4) is 33.4 Å². The molecule has 0 aliphatic heterocycles. The summed E-state index contributed by atoms with van der Waals surface area (Å²) in [7, 11) is 0. The van der Waals surface area contributed by atoms with Gasteiger partial charge in [-0.3, -0.25) is 0 Å². The summed E-state index contributed by atoms with van der Waals surface area (Å²) in [6.45, 7) is 4.87. The Morgan fingerprint density at radius 3 is 1.53 bits per heavy atom. The minimum absolute atomic E-state index is 0.169. The summed E-state index contributed by atoms with van der Waals surface area (Å²) in [6.07, 6.45) is 0. The quantitative estimate of drug-likeness (QED) is 0.169. The molecule has 0 heterocycles. The largest absolute Gasteiger partial charge is 0.0616 e. The van der Waals surface area contributed by atoms with Crippen LogP contribution in [0.4, 0.5) is 0 Å². The fraction of sp³-hybridized carbons (Fsp3) is 0.0612. The molecule has 0 radical (unpaired) electrons. The van der Waals surface area contributed by atoms with E-state index in [0.29, 0.717) is 0 Å². The van der Waals surface area contributed by atoms with Crippen molar-refractivity contribution in [1.29, 1.82) is 0 Å². The molecular weight excluding hydrogens is 589 g/mol. The lowest BCUT2D eigenvalue weighted by Gasteiger charge is -2.26. The highest BCUT2D eigenvalue weighted by atomic mass is 14.4. The van der Waals surface area contributed by atoms with Crippen LogP contribution in [0.5, 0.6) is 0 Å². The van der Waals surface area contributed by atoms with E-state index < -0.39 is 0 Å². The predicted molar refractivity (Wildman–Crippen MR) is 211 cm³/mol. The topological polar surface area (TPSA) is 0 Å². The molecule has 0 atom stereocenters. The van der Waals surface area contributed by atoms with Crippen molar-refractivity contribution in [3.05, 3.63) is 169 Å². The second kappa shape index (κ2) is 9.56. The lowest BCUT2D eigenvalue weighted by molar-refractivity contribution is 0.672. The molecule has 49 heavy (non-hydrogen) atoms. The second-order valence-electron chi connectivity index (χ2n) is 14.4. The van der Waals surface area contributed by atoms with Gasteiger partial charge in [0.25, 0.3) is 0 Å². The second-order valence-corrected chi connectivity index (χ2v) is 14.4. The van der Waals surface area contributed by atoms with Gasteiger partial charge in [0.1, 0.15) is 0 Å². The molecule has 0 fully saturated rings. The highest BCUT2D eigenvalue weighted by Gasteiger charge is 2.40. The highest BCUT2D eigenvalue weighted by Crippen LogP contribution is 2.58. The van der Waals surface area contributed by atoms with Crippen molar-refractivity contribution in [2.45, 2.75) is 19.3 Å². The van der Waals surface area contributed by atoms with Crippen molar-refractivity contribution in [2.75, 3.05) is 0 Å². The van der Waals surface area contributed by atoms with Crippen LogP contribution in [0.15, 0.2) is 158 Å². The highest BCUT2D eigenvalue weighted by molar-refractivity contribution is 6.26. The molecule has 0 aromatic heterocycles. The lowest BCUT2D eigenvalue weighted by Crippen LogP contribution is -2.16. The summed E-state index contributed by atoms with van der Waals surface area (Å²) in [6, 6.07) is 59.2. The summed E-state index contributed by atoms with van der Waals surface area (Å²) in [5.41, 5.74) is 10.6. The van der Waals surface area contributed by atoms with Crippen LogP contribution in [-0.4, -0.2) is 0 Å². The van der Waals surface area contributed by atoms with Crippen molar-refractivity contribution < 1.29 is 0 Å². The Hall–Kier alpha value is -5.98. The van der Waals surface area contributed by atoms with Crippen molar-refractivity contribution in [1.82, 2.24) is 0 Å². The third kappa shape index (κ3) is 3.48. The molecule has 0 spiro atoms. The van der Waals surface area contributed by atoms with E-state index in [0.717, 1.165) is 0 Å². The Morgan fingerprint density at radius 1 is 0.306 bits per heavy atom. The molecule has 228 valence electrons. The van der Waals surface area contributed by atoms with Crippen LogP contribution >= 0.6 is 0 Å². The van der Waals surface area contributed by atoms with Gasteiger partial charge in [0.15, 0.2) is 0 Å². The van der Waals surface area contributed by atoms with E-state index in [1.165, 1.54) is 109 Å².